The predicted molar refractivity (Wildman–Crippen MR) is 122 cm³/mol. The summed E-state index contributed by atoms with van der Waals surface area (Å²) in [5.74, 6) is 2.48. The minimum Gasteiger partial charge on any atom is -0.496 e. The fraction of sp³-hybridized carbons (Fsp3) is 0.520. The summed E-state index contributed by atoms with van der Waals surface area (Å²) in [5, 5.41) is 3.12. The lowest BCUT2D eigenvalue weighted by Crippen LogP contribution is -2.48. The zero-order valence-corrected chi connectivity index (χ0v) is 19.1. The summed E-state index contributed by atoms with van der Waals surface area (Å²) in [7, 11) is 1.65. The second-order valence-electron chi connectivity index (χ2n) is 8.89. The van der Waals surface area contributed by atoms with Gasteiger partial charge in [-0.25, -0.2) is 0 Å². The maximum atomic E-state index is 13.0. The van der Waals surface area contributed by atoms with Gasteiger partial charge in [0, 0.05) is 43.4 Å². The fourth-order valence-corrected chi connectivity index (χ4v) is 4.21. The highest BCUT2D eigenvalue weighted by atomic mass is 16.5. The molecule has 168 valence electrons. The highest BCUT2D eigenvalue weighted by molar-refractivity contribution is 5.79. The maximum absolute atomic E-state index is 13.0. The van der Waals surface area contributed by atoms with Gasteiger partial charge in [-0.2, -0.15) is 0 Å². The third-order valence-electron chi connectivity index (χ3n) is 5.62. The zero-order valence-electron chi connectivity index (χ0n) is 19.1. The Bertz CT molecular complexity index is 838. The average Bonchev–Trinajstić information content (AvgIpc) is 2.76. The van der Waals surface area contributed by atoms with Crippen LogP contribution < -0.4 is 14.8 Å². The van der Waals surface area contributed by atoms with Crippen molar-refractivity contribution < 1.29 is 14.3 Å². The molecule has 1 aromatic heterocycles. The predicted octanol–water partition coefficient (Wildman–Crippen LogP) is 3.69. The summed E-state index contributed by atoms with van der Waals surface area (Å²) in [4.78, 5) is 19.7. The third kappa shape index (κ3) is 6.96. The van der Waals surface area contributed by atoms with E-state index in [4.69, 9.17) is 9.47 Å². The van der Waals surface area contributed by atoms with Crippen LogP contribution in [0.1, 0.15) is 31.5 Å². The summed E-state index contributed by atoms with van der Waals surface area (Å²) in [6.45, 7) is 10.2. The number of rotatable bonds is 9. The van der Waals surface area contributed by atoms with Crippen LogP contribution >= 0.6 is 0 Å². The first kappa shape index (κ1) is 23.1. The maximum Gasteiger partial charge on any atom is 0.224 e. The van der Waals surface area contributed by atoms with Gasteiger partial charge in [0.1, 0.15) is 11.5 Å². The van der Waals surface area contributed by atoms with Gasteiger partial charge in [0.25, 0.3) is 0 Å². The number of aromatic nitrogens is 1. The normalized spacial score (nSPS) is 19.3. The van der Waals surface area contributed by atoms with Crippen molar-refractivity contribution in [2.75, 3.05) is 33.4 Å². The molecule has 2 heterocycles. The van der Waals surface area contributed by atoms with Gasteiger partial charge >= 0.3 is 0 Å². The Morgan fingerprint density at radius 3 is 2.74 bits per heavy atom. The quantitative estimate of drug-likeness (QED) is 0.664. The zero-order chi connectivity index (χ0) is 22.2. The molecule has 1 fully saturated rings. The molecule has 0 spiro atoms. The van der Waals surface area contributed by atoms with Crippen LogP contribution in [0.5, 0.6) is 11.5 Å². The molecule has 6 heteroatoms. The Labute approximate surface area is 186 Å². The van der Waals surface area contributed by atoms with Crippen LogP contribution in [0.25, 0.3) is 0 Å². The van der Waals surface area contributed by atoms with Gasteiger partial charge in [0.05, 0.1) is 25.8 Å². The van der Waals surface area contributed by atoms with E-state index < -0.39 is 0 Å². The number of pyridine rings is 1. The monoisotopic (exact) mass is 425 g/mol. The topological polar surface area (TPSA) is 63.7 Å². The Kier molecular flexibility index (Phi) is 8.29. The molecule has 31 heavy (non-hydrogen) atoms. The first-order valence-electron chi connectivity index (χ1n) is 11.1. The number of carbonyl (C=O) groups excluding carboxylic acids is 1. The van der Waals surface area contributed by atoms with Crippen molar-refractivity contribution in [1.29, 1.82) is 0 Å². The molecule has 6 nitrogen and oxygen atoms in total. The van der Waals surface area contributed by atoms with Crippen LogP contribution in [0.2, 0.25) is 0 Å². The van der Waals surface area contributed by atoms with E-state index in [1.165, 1.54) is 0 Å². The molecule has 0 bridgehead atoms. The van der Waals surface area contributed by atoms with Crippen LogP contribution in [-0.2, 0) is 11.3 Å². The van der Waals surface area contributed by atoms with Gasteiger partial charge < -0.3 is 19.7 Å². The second-order valence-corrected chi connectivity index (χ2v) is 8.89. The molecule has 1 aliphatic heterocycles. The Hall–Kier alpha value is -2.60. The molecular formula is C25H35N3O3. The highest BCUT2D eigenvalue weighted by Gasteiger charge is 2.32. The fourth-order valence-electron chi connectivity index (χ4n) is 4.21. The number of piperidine rings is 1. The summed E-state index contributed by atoms with van der Waals surface area (Å²) >= 11 is 0. The molecule has 0 aliphatic carbocycles. The lowest BCUT2D eigenvalue weighted by Gasteiger charge is -2.37. The first-order valence-corrected chi connectivity index (χ1v) is 11.1. The van der Waals surface area contributed by atoms with Crippen molar-refractivity contribution in [3.05, 3.63) is 53.9 Å². The van der Waals surface area contributed by atoms with E-state index in [2.05, 4.69) is 29.0 Å². The van der Waals surface area contributed by atoms with Crippen molar-refractivity contribution in [1.82, 2.24) is 15.2 Å². The molecule has 1 saturated heterocycles. The summed E-state index contributed by atoms with van der Waals surface area (Å²) in [6.07, 6.45) is 2.59. The number of methoxy groups -OCH3 is 1. The number of hydrogen-bond donors (Lipinski definition) is 1. The van der Waals surface area contributed by atoms with Gasteiger partial charge in [0.2, 0.25) is 5.91 Å². The van der Waals surface area contributed by atoms with E-state index >= 15 is 0 Å². The molecule has 2 aromatic rings. The Balaban J connectivity index is 1.60. The first-order chi connectivity index (χ1) is 14.9. The minimum absolute atomic E-state index is 0.0491. The van der Waals surface area contributed by atoms with Gasteiger partial charge in [-0.1, -0.05) is 32.0 Å². The molecule has 0 unspecified atom stereocenters. The van der Waals surface area contributed by atoms with Crippen molar-refractivity contribution in [2.45, 2.75) is 33.7 Å². The number of benzene rings is 1. The molecule has 3 rings (SSSR count). The molecule has 0 saturated carbocycles. The standard InChI is InChI=1S/C25H35N3O3/c1-18(2)14-28-15-20(17-31-23-10-9-19(3)26-13-23)11-22(16-28)25(29)27-12-21-7-5-6-8-24(21)30-4/h5-10,13,18,20,22H,11-12,14-17H2,1-4H3,(H,27,29)/t20-,22+/m0/s1. The highest BCUT2D eigenvalue weighted by Crippen LogP contribution is 2.25. The van der Waals surface area contributed by atoms with Gasteiger partial charge in [0.15, 0.2) is 0 Å². The largest absolute Gasteiger partial charge is 0.496 e. The van der Waals surface area contributed by atoms with Crippen molar-refractivity contribution in [2.24, 2.45) is 17.8 Å². The lowest BCUT2D eigenvalue weighted by atomic mass is 9.88. The van der Waals surface area contributed by atoms with Gasteiger partial charge in [-0.3, -0.25) is 9.78 Å². The smallest absolute Gasteiger partial charge is 0.224 e. The van der Waals surface area contributed by atoms with E-state index in [1.54, 1.807) is 13.3 Å². The number of para-hydroxylation sites is 1. The molecule has 1 amide bonds. The number of aryl methyl sites for hydroxylation is 1. The number of nitrogens with zero attached hydrogens (tertiary/aromatic N) is 2. The number of hydrogen-bond acceptors (Lipinski definition) is 5. The molecule has 1 aromatic carbocycles. The van der Waals surface area contributed by atoms with Crippen LogP contribution in [0.15, 0.2) is 42.6 Å². The summed E-state index contributed by atoms with van der Waals surface area (Å²) in [5.41, 5.74) is 1.96. The van der Waals surface area contributed by atoms with Crippen LogP contribution in [-0.4, -0.2) is 49.1 Å². The minimum atomic E-state index is -0.0491. The lowest BCUT2D eigenvalue weighted by molar-refractivity contribution is -0.128. The molecular weight excluding hydrogens is 390 g/mol. The Morgan fingerprint density at radius 2 is 2.03 bits per heavy atom. The van der Waals surface area contributed by atoms with E-state index in [0.717, 1.165) is 48.8 Å². The number of likely N-dealkylation sites (tertiary alicyclic amines) is 1. The molecule has 0 radical (unpaired) electrons. The van der Waals surface area contributed by atoms with Crippen LogP contribution in [0, 0.1) is 24.7 Å². The van der Waals surface area contributed by atoms with E-state index in [0.29, 0.717) is 25.0 Å². The third-order valence-corrected chi connectivity index (χ3v) is 5.62. The second kappa shape index (κ2) is 11.1. The van der Waals surface area contributed by atoms with Crippen molar-refractivity contribution >= 4 is 5.91 Å². The molecule has 1 N–H and O–H groups in total. The average molecular weight is 426 g/mol. The van der Waals surface area contributed by atoms with Crippen LogP contribution in [0.3, 0.4) is 0 Å². The van der Waals surface area contributed by atoms with E-state index in [9.17, 15) is 4.79 Å². The SMILES string of the molecule is COc1ccccc1CNC(=O)[C@@H]1C[C@H](COc2ccc(C)nc2)CN(CC(C)C)C1. The van der Waals surface area contributed by atoms with Crippen LogP contribution in [0.4, 0.5) is 0 Å². The van der Waals surface area contributed by atoms with Gasteiger partial charge in [-0.05, 0) is 37.5 Å². The van der Waals surface area contributed by atoms with Crippen molar-refractivity contribution in [3.8, 4) is 11.5 Å². The molecule has 2 atom stereocenters. The van der Waals surface area contributed by atoms with Crippen molar-refractivity contribution in [3.63, 3.8) is 0 Å². The summed E-state index contributed by atoms with van der Waals surface area (Å²) < 4.78 is 11.4. The van der Waals surface area contributed by atoms with Gasteiger partial charge in [-0.15, -0.1) is 0 Å². The number of ether oxygens (including phenoxy) is 2. The molecule has 1 aliphatic rings. The summed E-state index contributed by atoms with van der Waals surface area (Å²) in [6, 6.07) is 11.7. The Morgan fingerprint density at radius 1 is 1.23 bits per heavy atom. The number of carbonyl (C=O) groups is 1. The number of amides is 1. The number of nitrogens with one attached hydrogen (secondary N) is 1. The van der Waals surface area contributed by atoms with E-state index in [-0.39, 0.29) is 11.8 Å². The van der Waals surface area contributed by atoms with E-state index in [1.807, 2.05) is 43.3 Å².